The lowest BCUT2D eigenvalue weighted by Crippen LogP contribution is -2.46. The Balaban J connectivity index is 1.68. The minimum atomic E-state index is 0.581. The molecule has 2 heterocycles. The molecule has 1 aromatic rings. The molecule has 1 unspecified atom stereocenters. The van der Waals surface area contributed by atoms with Crippen LogP contribution in [0, 0.1) is 5.41 Å². The number of furan rings is 1. The van der Waals surface area contributed by atoms with Crippen LogP contribution in [-0.4, -0.2) is 30.6 Å². The van der Waals surface area contributed by atoms with Crippen molar-refractivity contribution in [3.8, 4) is 0 Å². The highest BCUT2D eigenvalue weighted by molar-refractivity contribution is 4.97. The molecule has 0 saturated carbocycles. The monoisotopic (exact) mass is 264 g/mol. The molecule has 0 bridgehead atoms. The van der Waals surface area contributed by atoms with Gasteiger partial charge in [0, 0.05) is 12.6 Å². The third-order valence-electron chi connectivity index (χ3n) is 4.80. The molecular weight excluding hydrogens is 236 g/mol. The summed E-state index contributed by atoms with van der Waals surface area (Å²) in [6, 6.07) is 4.57. The average molecular weight is 264 g/mol. The van der Waals surface area contributed by atoms with E-state index in [4.69, 9.17) is 4.42 Å². The Kier molecular flexibility index (Phi) is 5.06. The quantitative estimate of drug-likeness (QED) is 0.855. The fourth-order valence-corrected chi connectivity index (χ4v) is 2.80. The second-order valence-electron chi connectivity index (χ2n) is 6.26. The molecule has 3 nitrogen and oxygen atoms in total. The van der Waals surface area contributed by atoms with Crippen LogP contribution in [-0.2, 0) is 6.54 Å². The first-order valence-electron chi connectivity index (χ1n) is 7.60. The zero-order valence-corrected chi connectivity index (χ0v) is 12.6. The third kappa shape index (κ3) is 4.08. The van der Waals surface area contributed by atoms with E-state index in [1.807, 2.05) is 12.1 Å². The van der Waals surface area contributed by atoms with Crippen molar-refractivity contribution < 1.29 is 4.42 Å². The van der Waals surface area contributed by atoms with Crippen LogP contribution in [0.5, 0.6) is 0 Å². The molecule has 0 radical (unpaired) electrons. The van der Waals surface area contributed by atoms with Gasteiger partial charge in [-0.2, -0.15) is 0 Å². The SMILES string of the molecule is CCC1(C)CCN(C(C)CNCc2ccco2)CC1. The van der Waals surface area contributed by atoms with Crippen molar-refractivity contribution in [1.82, 2.24) is 10.2 Å². The van der Waals surface area contributed by atoms with Gasteiger partial charge < -0.3 is 9.73 Å². The molecule has 0 aliphatic carbocycles. The number of nitrogens with zero attached hydrogens (tertiary/aromatic N) is 1. The van der Waals surface area contributed by atoms with Crippen LogP contribution in [0.15, 0.2) is 22.8 Å². The standard InChI is InChI=1S/C16H28N2O/c1-4-16(3)7-9-18(10-8-16)14(2)12-17-13-15-6-5-11-19-15/h5-6,11,14,17H,4,7-10,12-13H2,1-3H3. The molecule has 0 spiro atoms. The molecule has 1 saturated heterocycles. The molecule has 1 atom stereocenters. The zero-order chi connectivity index (χ0) is 13.7. The minimum Gasteiger partial charge on any atom is -0.468 e. The summed E-state index contributed by atoms with van der Waals surface area (Å²) in [5.41, 5.74) is 0.581. The molecule has 1 aliphatic heterocycles. The predicted molar refractivity (Wildman–Crippen MR) is 79.1 cm³/mol. The fourth-order valence-electron chi connectivity index (χ4n) is 2.80. The molecule has 1 aliphatic rings. The first kappa shape index (κ1) is 14.6. The molecule has 2 rings (SSSR count). The summed E-state index contributed by atoms with van der Waals surface area (Å²) in [4.78, 5) is 2.62. The molecule has 0 amide bonds. The van der Waals surface area contributed by atoms with E-state index >= 15 is 0 Å². The largest absolute Gasteiger partial charge is 0.468 e. The molecule has 1 fully saturated rings. The Bertz CT molecular complexity index is 353. The topological polar surface area (TPSA) is 28.4 Å². The lowest BCUT2D eigenvalue weighted by atomic mass is 9.78. The summed E-state index contributed by atoms with van der Waals surface area (Å²) in [6.45, 7) is 11.4. The molecule has 1 aromatic heterocycles. The summed E-state index contributed by atoms with van der Waals surface area (Å²) in [7, 11) is 0. The van der Waals surface area contributed by atoms with Crippen LogP contribution >= 0.6 is 0 Å². The van der Waals surface area contributed by atoms with Gasteiger partial charge in [0.1, 0.15) is 5.76 Å². The van der Waals surface area contributed by atoms with Crippen LogP contribution in [0.1, 0.15) is 45.8 Å². The average Bonchev–Trinajstić information content (AvgIpc) is 2.92. The van der Waals surface area contributed by atoms with E-state index in [0.717, 1.165) is 18.8 Å². The van der Waals surface area contributed by atoms with Crippen molar-refractivity contribution in [2.75, 3.05) is 19.6 Å². The Morgan fingerprint density at radius 3 is 2.74 bits per heavy atom. The van der Waals surface area contributed by atoms with E-state index in [1.54, 1.807) is 6.26 Å². The molecular formula is C16H28N2O. The maximum atomic E-state index is 5.33. The van der Waals surface area contributed by atoms with E-state index in [0.29, 0.717) is 11.5 Å². The van der Waals surface area contributed by atoms with Crippen molar-refractivity contribution >= 4 is 0 Å². The van der Waals surface area contributed by atoms with Gasteiger partial charge in [-0.05, 0) is 50.4 Å². The van der Waals surface area contributed by atoms with Gasteiger partial charge in [0.05, 0.1) is 12.8 Å². The van der Waals surface area contributed by atoms with E-state index < -0.39 is 0 Å². The minimum absolute atomic E-state index is 0.581. The maximum absolute atomic E-state index is 5.33. The highest BCUT2D eigenvalue weighted by atomic mass is 16.3. The van der Waals surface area contributed by atoms with E-state index in [2.05, 4.69) is 31.0 Å². The highest BCUT2D eigenvalue weighted by Gasteiger charge is 2.29. The fraction of sp³-hybridized carbons (Fsp3) is 0.750. The van der Waals surface area contributed by atoms with Gasteiger partial charge >= 0.3 is 0 Å². The van der Waals surface area contributed by atoms with E-state index in [-0.39, 0.29) is 0 Å². The summed E-state index contributed by atoms with van der Waals surface area (Å²) in [5, 5.41) is 3.48. The van der Waals surface area contributed by atoms with E-state index in [9.17, 15) is 0 Å². The Morgan fingerprint density at radius 2 is 2.16 bits per heavy atom. The first-order chi connectivity index (χ1) is 9.13. The zero-order valence-electron chi connectivity index (χ0n) is 12.6. The van der Waals surface area contributed by atoms with Crippen LogP contribution < -0.4 is 5.32 Å². The number of nitrogens with one attached hydrogen (secondary N) is 1. The predicted octanol–water partition coefficient (Wildman–Crippen LogP) is 3.27. The molecule has 1 N–H and O–H groups in total. The molecule has 19 heavy (non-hydrogen) atoms. The second kappa shape index (κ2) is 6.58. The second-order valence-corrected chi connectivity index (χ2v) is 6.26. The van der Waals surface area contributed by atoms with Gasteiger partial charge in [-0.3, -0.25) is 4.90 Å². The normalized spacial score (nSPS) is 21.4. The van der Waals surface area contributed by atoms with Crippen LogP contribution in [0.25, 0.3) is 0 Å². The van der Waals surface area contributed by atoms with Gasteiger partial charge in [-0.25, -0.2) is 0 Å². The van der Waals surface area contributed by atoms with Crippen LogP contribution in [0.2, 0.25) is 0 Å². The van der Waals surface area contributed by atoms with Gasteiger partial charge in [-0.1, -0.05) is 20.3 Å². The van der Waals surface area contributed by atoms with Gasteiger partial charge in [0.2, 0.25) is 0 Å². The van der Waals surface area contributed by atoms with Crippen molar-refractivity contribution in [3.63, 3.8) is 0 Å². The third-order valence-corrected chi connectivity index (χ3v) is 4.80. The molecule has 0 aromatic carbocycles. The summed E-state index contributed by atoms with van der Waals surface area (Å²) < 4.78 is 5.33. The number of rotatable bonds is 6. The summed E-state index contributed by atoms with van der Waals surface area (Å²) >= 11 is 0. The lowest BCUT2D eigenvalue weighted by molar-refractivity contribution is 0.0858. The Morgan fingerprint density at radius 1 is 1.42 bits per heavy atom. The van der Waals surface area contributed by atoms with Crippen LogP contribution in [0.3, 0.4) is 0 Å². The van der Waals surface area contributed by atoms with Gasteiger partial charge in [-0.15, -0.1) is 0 Å². The Hall–Kier alpha value is -0.800. The van der Waals surface area contributed by atoms with E-state index in [1.165, 1.54) is 32.4 Å². The van der Waals surface area contributed by atoms with Crippen molar-refractivity contribution in [2.24, 2.45) is 5.41 Å². The molecule has 108 valence electrons. The number of hydrogen-bond acceptors (Lipinski definition) is 3. The van der Waals surface area contributed by atoms with Crippen molar-refractivity contribution in [2.45, 2.75) is 52.6 Å². The highest BCUT2D eigenvalue weighted by Crippen LogP contribution is 2.34. The van der Waals surface area contributed by atoms with Crippen molar-refractivity contribution in [1.29, 1.82) is 0 Å². The summed E-state index contributed by atoms with van der Waals surface area (Å²) in [6.07, 6.45) is 5.72. The van der Waals surface area contributed by atoms with Crippen molar-refractivity contribution in [3.05, 3.63) is 24.2 Å². The van der Waals surface area contributed by atoms with Gasteiger partial charge in [0.25, 0.3) is 0 Å². The first-order valence-corrected chi connectivity index (χ1v) is 7.60. The Labute approximate surface area is 117 Å². The lowest BCUT2D eigenvalue weighted by Gasteiger charge is -2.41. The smallest absolute Gasteiger partial charge is 0.117 e. The summed E-state index contributed by atoms with van der Waals surface area (Å²) in [5.74, 6) is 1.02. The number of likely N-dealkylation sites (tertiary alicyclic amines) is 1. The number of hydrogen-bond donors (Lipinski definition) is 1. The molecule has 3 heteroatoms. The van der Waals surface area contributed by atoms with Crippen LogP contribution in [0.4, 0.5) is 0 Å². The van der Waals surface area contributed by atoms with Gasteiger partial charge in [0.15, 0.2) is 0 Å². The maximum Gasteiger partial charge on any atom is 0.117 e. The number of piperidine rings is 1.